The van der Waals surface area contributed by atoms with Gasteiger partial charge in [-0.1, -0.05) is 13.8 Å². The van der Waals surface area contributed by atoms with Gasteiger partial charge in [-0.05, 0) is 50.2 Å². The molecule has 3 rings (SSSR count). The lowest BCUT2D eigenvalue weighted by Gasteiger charge is -2.48. The minimum absolute atomic E-state index is 0.00210. The van der Waals surface area contributed by atoms with Gasteiger partial charge in [-0.2, -0.15) is 0 Å². The summed E-state index contributed by atoms with van der Waals surface area (Å²) in [6.45, 7) is 6.62. The van der Waals surface area contributed by atoms with Crippen molar-refractivity contribution in [1.82, 2.24) is 15.2 Å². The molecular weight excluding hydrogens is 302 g/mol. The maximum absolute atomic E-state index is 12.7. The van der Waals surface area contributed by atoms with Crippen molar-refractivity contribution in [2.24, 2.45) is 11.8 Å². The molecule has 1 aliphatic carbocycles. The maximum atomic E-state index is 12.7. The molecule has 0 aromatic carbocycles. The summed E-state index contributed by atoms with van der Waals surface area (Å²) in [5, 5.41) is 3.19. The molecule has 130 valence electrons. The molecule has 2 amide bonds. The molecule has 1 aliphatic heterocycles. The average Bonchev–Trinajstić information content (AvgIpc) is 2.57. The fraction of sp³-hybridized carbons (Fsp3) is 0.632. The molecule has 24 heavy (non-hydrogen) atoms. The van der Waals surface area contributed by atoms with Crippen molar-refractivity contribution in [3.05, 3.63) is 29.6 Å². The van der Waals surface area contributed by atoms with Crippen LogP contribution in [0.25, 0.3) is 0 Å². The molecule has 1 saturated heterocycles. The predicted molar refractivity (Wildman–Crippen MR) is 92.5 cm³/mol. The highest BCUT2D eigenvalue weighted by atomic mass is 16.2. The van der Waals surface area contributed by atoms with E-state index in [2.05, 4.69) is 10.3 Å². The number of pyridine rings is 1. The van der Waals surface area contributed by atoms with E-state index < -0.39 is 0 Å². The fourth-order valence-corrected chi connectivity index (χ4v) is 4.07. The summed E-state index contributed by atoms with van der Waals surface area (Å²) in [4.78, 5) is 31.3. The number of rotatable bonds is 3. The Hall–Kier alpha value is -1.91. The first-order valence-corrected chi connectivity index (χ1v) is 8.99. The van der Waals surface area contributed by atoms with E-state index in [-0.39, 0.29) is 29.8 Å². The molecule has 3 unspecified atom stereocenters. The number of aryl methyl sites for hydroxylation is 1. The molecule has 0 radical (unpaired) electrons. The molecular formula is C19H27N3O2. The van der Waals surface area contributed by atoms with Gasteiger partial charge in [-0.15, -0.1) is 0 Å². The Kier molecular flexibility index (Phi) is 4.88. The number of amides is 2. The molecule has 1 aromatic rings. The van der Waals surface area contributed by atoms with Crippen LogP contribution >= 0.6 is 0 Å². The van der Waals surface area contributed by atoms with Crippen LogP contribution in [0.3, 0.4) is 0 Å². The number of likely N-dealkylation sites (tertiary alicyclic amines) is 1. The van der Waals surface area contributed by atoms with Gasteiger partial charge in [-0.3, -0.25) is 14.6 Å². The Balaban J connectivity index is 1.76. The van der Waals surface area contributed by atoms with Crippen molar-refractivity contribution in [2.45, 2.75) is 58.5 Å². The van der Waals surface area contributed by atoms with Crippen LogP contribution in [0.5, 0.6) is 0 Å². The van der Waals surface area contributed by atoms with Crippen LogP contribution in [0.2, 0.25) is 0 Å². The first kappa shape index (κ1) is 16.9. The van der Waals surface area contributed by atoms with Gasteiger partial charge in [0, 0.05) is 36.5 Å². The summed E-state index contributed by atoms with van der Waals surface area (Å²) in [5.74, 6) is 0.852. The van der Waals surface area contributed by atoms with Gasteiger partial charge in [0.05, 0.1) is 6.04 Å². The monoisotopic (exact) mass is 329 g/mol. The number of carbonyl (C=O) groups excluding carboxylic acids is 2. The van der Waals surface area contributed by atoms with Crippen molar-refractivity contribution in [3.8, 4) is 0 Å². The Morgan fingerprint density at radius 1 is 1.29 bits per heavy atom. The van der Waals surface area contributed by atoms with Gasteiger partial charge in [0.15, 0.2) is 0 Å². The van der Waals surface area contributed by atoms with E-state index >= 15 is 0 Å². The molecule has 2 fully saturated rings. The zero-order valence-corrected chi connectivity index (χ0v) is 14.8. The van der Waals surface area contributed by atoms with Gasteiger partial charge in [-0.25, -0.2) is 0 Å². The minimum atomic E-state index is -0.0548. The lowest BCUT2D eigenvalue weighted by atomic mass is 9.76. The molecule has 3 atom stereocenters. The van der Waals surface area contributed by atoms with Gasteiger partial charge >= 0.3 is 0 Å². The summed E-state index contributed by atoms with van der Waals surface area (Å²) < 4.78 is 0. The number of carbonyl (C=O) groups is 2. The number of hydrogen-bond donors (Lipinski definition) is 1. The molecule has 5 nitrogen and oxygen atoms in total. The minimum Gasteiger partial charge on any atom is -0.347 e. The highest BCUT2D eigenvalue weighted by Gasteiger charge is 2.41. The highest BCUT2D eigenvalue weighted by molar-refractivity contribution is 5.95. The van der Waals surface area contributed by atoms with Crippen molar-refractivity contribution < 1.29 is 9.59 Å². The van der Waals surface area contributed by atoms with Crippen molar-refractivity contribution in [2.75, 3.05) is 6.54 Å². The summed E-state index contributed by atoms with van der Waals surface area (Å²) in [5.41, 5.74) is 1.55. The standard InChI is InChI=1S/C19H27N3O2/c1-12(2)19(24)22-9-7-14-4-5-16(17(22)10-14)21-18(23)15-6-8-20-11-13(15)3/h6,8,11-12,14,16-17H,4-5,7,9-10H2,1-3H3,(H,21,23). The lowest BCUT2D eigenvalue weighted by molar-refractivity contribution is -0.141. The van der Waals surface area contributed by atoms with E-state index in [1.165, 1.54) is 0 Å². The Morgan fingerprint density at radius 2 is 2.08 bits per heavy atom. The molecule has 2 heterocycles. The van der Waals surface area contributed by atoms with Crippen LogP contribution in [0.15, 0.2) is 18.5 Å². The summed E-state index contributed by atoms with van der Waals surface area (Å²) in [7, 11) is 0. The maximum Gasteiger partial charge on any atom is 0.251 e. The smallest absolute Gasteiger partial charge is 0.251 e. The third kappa shape index (κ3) is 3.30. The second-order valence-electron chi connectivity index (χ2n) is 7.49. The molecule has 0 spiro atoms. The zero-order valence-electron chi connectivity index (χ0n) is 14.8. The third-order valence-electron chi connectivity index (χ3n) is 5.46. The predicted octanol–water partition coefficient (Wildman–Crippen LogP) is 2.55. The van der Waals surface area contributed by atoms with Gasteiger partial charge in [0.25, 0.3) is 5.91 Å². The van der Waals surface area contributed by atoms with Crippen LogP contribution in [-0.4, -0.2) is 40.3 Å². The molecule has 2 aliphatic rings. The SMILES string of the molecule is Cc1cnccc1C(=O)NC1CCC2CCN(C(=O)C(C)C)C1C2. The Bertz CT molecular complexity index is 629. The van der Waals surface area contributed by atoms with Crippen molar-refractivity contribution >= 4 is 11.8 Å². The second kappa shape index (κ2) is 6.91. The van der Waals surface area contributed by atoms with Gasteiger partial charge in [0.2, 0.25) is 5.91 Å². The number of nitrogens with one attached hydrogen (secondary N) is 1. The summed E-state index contributed by atoms with van der Waals surface area (Å²) >= 11 is 0. The topological polar surface area (TPSA) is 62.3 Å². The first-order valence-electron chi connectivity index (χ1n) is 8.99. The number of piperidine rings is 1. The number of hydrogen-bond acceptors (Lipinski definition) is 3. The average molecular weight is 329 g/mol. The Morgan fingerprint density at radius 3 is 2.79 bits per heavy atom. The van der Waals surface area contributed by atoms with E-state index in [0.29, 0.717) is 11.5 Å². The molecule has 1 N–H and O–H groups in total. The largest absolute Gasteiger partial charge is 0.347 e. The van der Waals surface area contributed by atoms with E-state index in [9.17, 15) is 9.59 Å². The Labute approximate surface area is 143 Å². The number of fused-ring (bicyclic) bond motifs is 2. The van der Waals surface area contributed by atoms with Crippen LogP contribution in [0.4, 0.5) is 0 Å². The summed E-state index contributed by atoms with van der Waals surface area (Å²) in [6, 6.07) is 1.94. The number of aromatic nitrogens is 1. The molecule has 1 saturated carbocycles. The first-order chi connectivity index (χ1) is 11.5. The quantitative estimate of drug-likeness (QED) is 0.927. The van der Waals surface area contributed by atoms with Crippen molar-refractivity contribution in [3.63, 3.8) is 0 Å². The van der Waals surface area contributed by atoms with E-state index in [4.69, 9.17) is 0 Å². The molecule has 5 heteroatoms. The molecule has 1 aromatic heterocycles. The lowest BCUT2D eigenvalue weighted by Crippen LogP contribution is -2.59. The van der Waals surface area contributed by atoms with E-state index in [0.717, 1.165) is 37.8 Å². The molecule has 2 bridgehead atoms. The van der Waals surface area contributed by atoms with Crippen LogP contribution in [0.1, 0.15) is 55.5 Å². The van der Waals surface area contributed by atoms with Gasteiger partial charge in [0.1, 0.15) is 0 Å². The normalized spacial score (nSPS) is 26.3. The highest BCUT2D eigenvalue weighted by Crippen LogP contribution is 2.35. The van der Waals surface area contributed by atoms with Crippen LogP contribution in [-0.2, 0) is 4.79 Å². The summed E-state index contributed by atoms with van der Waals surface area (Å²) in [6.07, 6.45) is 7.56. The van der Waals surface area contributed by atoms with Crippen LogP contribution < -0.4 is 5.32 Å². The fourth-order valence-electron chi connectivity index (χ4n) is 4.07. The van der Waals surface area contributed by atoms with Crippen molar-refractivity contribution in [1.29, 1.82) is 0 Å². The third-order valence-corrected chi connectivity index (χ3v) is 5.46. The second-order valence-corrected chi connectivity index (χ2v) is 7.49. The zero-order chi connectivity index (χ0) is 17.3. The van der Waals surface area contributed by atoms with E-state index in [1.807, 2.05) is 25.7 Å². The van der Waals surface area contributed by atoms with Gasteiger partial charge < -0.3 is 10.2 Å². The van der Waals surface area contributed by atoms with Crippen LogP contribution in [0, 0.1) is 18.8 Å². The van der Waals surface area contributed by atoms with E-state index in [1.54, 1.807) is 18.5 Å². The number of nitrogens with zero attached hydrogens (tertiary/aromatic N) is 2.